The van der Waals surface area contributed by atoms with Crippen LogP contribution in [-0.4, -0.2) is 5.16 Å². The third-order valence-electron chi connectivity index (χ3n) is 3.01. The first kappa shape index (κ1) is 14.3. The first-order valence-electron chi connectivity index (χ1n) is 6.03. The van der Waals surface area contributed by atoms with Gasteiger partial charge in [-0.1, -0.05) is 33.2 Å². The smallest absolute Gasteiger partial charge is 0.177 e. The zero-order chi connectivity index (χ0) is 15.0. The maximum absolute atomic E-state index is 13.7. The van der Waals surface area contributed by atoms with Crippen molar-refractivity contribution in [1.82, 2.24) is 5.16 Å². The topological polar surface area (TPSA) is 52.0 Å². The predicted molar refractivity (Wildman–Crippen MR) is 87.1 cm³/mol. The molecule has 6 heteroatoms. The Labute approximate surface area is 137 Å². The van der Waals surface area contributed by atoms with Crippen molar-refractivity contribution in [3.05, 3.63) is 57.2 Å². The Bertz CT molecular complexity index is 817. The van der Waals surface area contributed by atoms with Crippen LogP contribution in [0.15, 0.2) is 55.9 Å². The quantitative estimate of drug-likeness (QED) is 0.626. The number of nitrogen functional groups attached to an aromatic ring is 1. The lowest BCUT2D eigenvalue weighted by atomic mass is 10.0. The van der Waals surface area contributed by atoms with Crippen molar-refractivity contribution < 1.29 is 8.91 Å². The van der Waals surface area contributed by atoms with Gasteiger partial charge in [0.2, 0.25) is 0 Å². The summed E-state index contributed by atoms with van der Waals surface area (Å²) in [4.78, 5) is 0. The number of nitrogens with zero attached hydrogens (tertiary/aromatic N) is 1. The summed E-state index contributed by atoms with van der Waals surface area (Å²) in [5.41, 5.74) is 7.98. The number of hydrogen-bond donors (Lipinski definition) is 1. The number of aromatic nitrogens is 1. The second-order valence-corrected chi connectivity index (χ2v) is 6.18. The lowest BCUT2D eigenvalue weighted by Crippen LogP contribution is -1.89. The van der Waals surface area contributed by atoms with Crippen LogP contribution in [0.1, 0.15) is 0 Å². The van der Waals surface area contributed by atoms with Gasteiger partial charge >= 0.3 is 0 Å². The molecule has 21 heavy (non-hydrogen) atoms. The van der Waals surface area contributed by atoms with Crippen LogP contribution >= 0.6 is 31.9 Å². The normalized spacial score (nSPS) is 10.8. The zero-order valence-electron chi connectivity index (χ0n) is 10.6. The Morgan fingerprint density at radius 2 is 1.86 bits per heavy atom. The third-order valence-corrected chi connectivity index (χ3v) is 4.15. The molecule has 2 aromatic carbocycles. The highest BCUT2D eigenvalue weighted by molar-refractivity contribution is 9.10. The first-order chi connectivity index (χ1) is 10.1. The fraction of sp³-hybridized carbons (Fsp3) is 0. The van der Waals surface area contributed by atoms with E-state index in [0.717, 1.165) is 10.0 Å². The Hall–Kier alpha value is -1.66. The number of benzene rings is 2. The molecule has 0 aliphatic rings. The van der Waals surface area contributed by atoms with Gasteiger partial charge in [-0.3, -0.25) is 0 Å². The number of nitrogens with two attached hydrogens (primary N) is 1. The van der Waals surface area contributed by atoms with E-state index in [1.165, 1.54) is 6.07 Å². The number of halogens is 3. The monoisotopic (exact) mass is 410 g/mol. The summed E-state index contributed by atoms with van der Waals surface area (Å²) < 4.78 is 20.3. The van der Waals surface area contributed by atoms with Gasteiger partial charge in [0.1, 0.15) is 5.82 Å². The Morgan fingerprint density at radius 1 is 1.05 bits per heavy atom. The second-order valence-electron chi connectivity index (χ2n) is 4.41. The fourth-order valence-electron chi connectivity index (χ4n) is 2.06. The molecule has 3 aromatic rings. The van der Waals surface area contributed by atoms with Crippen LogP contribution < -0.4 is 5.73 Å². The minimum atomic E-state index is -0.373. The van der Waals surface area contributed by atoms with Crippen molar-refractivity contribution >= 4 is 37.7 Å². The molecule has 1 heterocycles. The Balaban J connectivity index is 2.19. The van der Waals surface area contributed by atoms with E-state index in [1.807, 2.05) is 24.3 Å². The molecule has 0 atom stereocenters. The van der Waals surface area contributed by atoms with Gasteiger partial charge in [-0.2, -0.15) is 0 Å². The van der Waals surface area contributed by atoms with Crippen molar-refractivity contribution in [1.29, 1.82) is 0 Å². The summed E-state index contributed by atoms with van der Waals surface area (Å²) >= 11 is 6.54. The van der Waals surface area contributed by atoms with Crippen LogP contribution in [-0.2, 0) is 0 Å². The fourth-order valence-corrected chi connectivity index (χ4v) is 2.71. The highest BCUT2D eigenvalue weighted by atomic mass is 79.9. The Kier molecular flexibility index (Phi) is 3.82. The number of anilines is 1. The molecule has 0 saturated carbocycles. The van der Waals surface area contributed by atoms with E-state index in [-0.39, 0.29) is 11.6 Å². The van der Waals surface area contributed by atoms with Gasteiger partial charge in [0.25, 0.3) is 0 Å². The van der Waals surface area contributed by atoms with Gasteiger partial charge in [-0.25, -0.2) is 4.39 Å². The standard InChI is InChI=1S/C15H9Br2FN2O/c16-10-3-1-2-8(6-10)13-14(21-20-15(13)19)9-4-5-11(17)12(18)7-9/h1-7H,(H2,19,20). The van der Waals surface area contributed by atoms with Crippen LogP contribution in [0.5, 0.6) is 0 Å². The van der Waals surface area contributed by atoms with Crippen LogP contribution in [0.2, 0.25) is 0 Å². The van der Waals surface area contributed by atoms with E-state index >= 15 is 0 Å². The molecule has 0 radical (unpaired) electrons. The van der Waals surface area contributed by atoms with Crippen molar-refractivity contribution in [3.63, 3.8) is 0 Å². The molecule has 0 bridgehead atoms. The summed E-state index contributed by atoms with van der Waals surface area (Å²) in [5, 5.41) is 3.80. The molecular weight excluding hydrogens is 403 g/mol. The minimum Gasteiger partial charge on any atom is -0.380 e. The lowest BCUT2D eigenvalue weighted by molar-refractivity contribution is 0.436. The molecule has 2 N–H and O–H groups in total. The molecule has 0 aliphatic heterocycles. The molecule has 0 unspecified atom stereocenters. The summed E-state index contributed by atoms with van der Waals surface area (Å²) in [6, 6.07) is 12.3. The van der Waals surface area contributed by atoms with Gasteiger partial charge in [-0.15, -0.1) is 0 Å². The van der Waals surface area contributed by atoms with E-state index in [9.17, 15) is 4.39 Å². The molecule has 0 spiro atoms. The third kappa shape index (κ3) is 2.73. The summed E-state index contributed by atoms with van der Waals surface area (Å²) in [5.74, 6) is 0.339. The molecular formula is C15H9Br2FN2O. The lowest BCUT2D eigenvalue weighted by Gasteiger charge is -2.04. The van der Waals surface area contributed by atoms with Crippen LogP contribution in [0, 0.1) is 5.82 Å². The molecule has 0 aliphatic carbocycles. The zero-order valence-corrected chi connectivity index (χ0v) is 13.8. The predicted octanol–water partition coefficient (Wildman–Crippen LogP) is 5.25. The highest BCUT2D eigenvalue weighted by Crippen LogP contribution is 2.38. The van der Waals surface area contributed by atoms with E-state index in [1.54, 1.807) is 12.1 Å². The van der Waals surface area contributed by atoms with E-state index < -0.39 is 0 Å². The van der Waals surface area contributed by atoms with E-state index in [2.05, 4.69) is 37.0 Å². The Morgan fingerprint density at radius 3 is 2.57 bits per heavy atom. The second kappa shape index (κ2) is 5.61. The van der Waals surface area contributed by atoms with Gasteiger partial charge < -0.3 is 10.3 Å². The number of hydrogen-bond acceptors (Lipinski definition) is 3. The average molecular weight is 412 g/mol. The van der Waals surface area contributed by atoms with E-state index in [0.29, 0.717) is 21.4 Å². The van der Waals surface area contributed by atoms with E-state index in [4.69, 9.17) is 10.3 Å². The SMILES string of the molecule is Nc1noc(-c2ccc(Br)c(F)c2)c1-c1cccc(Br)c1. The minimum absolute atomic E-state index is 0.270. The van der Waals surface area contributed by atoms with Crippen molar-refractivity contribution in [2.24, 2.45) is 0 Å². The summed E-state index contributed by atoms with van der Waals surface area (Å²) in [6.07, 6.45) is 0. The maximum atomic E-state index is 13.7. The van der Waals surface area contributed by atoms with Crippen LogP contribution in [0.4, 0.5) is 10.2 Å². The van der Waals surface area contributed by atoms with Crippen LogP contribution in [0.3, 0.4) is 0 Å². The molecule has 106 valence electrons. The van der Waals surface area contributed by atoms with Crippen molar-refractivity contribution in [2.75, 3.05) is 5.73 Å². The van der Waals surface area contributed by atoms with Gasteiger partial charge in [0.15, 0.2) is 11.6 Å². The largest absolute Gasteiger partial charge is 0.380 e. The molecule has 0 amide bonds. The molecule has 1 aromatic heterocycles. The number of rotatable bonds is 2. The molecule has 0 fully saturated rings. The van der Waals surface area contributed by atoms with Crippen LogP contribution in [0.25, 0.3) is 22.5 Å². The molecule has 0 saturated heterocycles. The average Bonchev–Trinajstić information content (AvgIpc) is 2.84. The van der Waals surface area contributed by atoms with Gasteiger partial charge in [-0.05, 0) is 51.8 Å². The van der Waals surface area contributed by atoms with Crippen molar-refractivity contribution in [3.8, 4) is 22.5 Å². The van der Waals surface area contributed by atoms with Crippen molar-refractivity contribution in [2.45, 2.75) is 0 Å². The summed E-state index contributed by atoms with van der Waals surface area (Å²) in [7, 11) is 0. The van der Waals surface area contributed by atoms with Gasteiger partial charge in [0.05, 0.1) is 10.0 Å². The first-order valence-corrected chi connectivity index (χ1v) is 7.61. The molecule has 3 rings (SSSR count). The molecule has 3 nitrogen and oxygen atoms in total. The summed E-state index contributed by atoms with van der Waals surface area (Å²) in [6.45, 7) is 0. The maximum Gasteiger partial charge on any atom is 0.177 e. The van der Waals surface area contributed by atoms with Gasteiger partial charge in [0, 0.05) is 10.0 Å². The highest BCUT2D eigenvalue weighted by Gasteiger charge is 2.18.